The van der Waals surface area contributed by atoms with E-state index in [9.17, 15) is 4.79 Å². The van der Waals surface area contributed by atoms with Crippen LogP contribution in [0, 0.1) is 0 Å². The Morgan fingerprint density at radius 2 is 1.83 bits per heavy atom. The van der Waals surface area contributed by atoms with E-state index >= 15 is 0 Å². The van der Waals surface area contributed by atoms with Crippen LogP contribution in [0.25, 0.3) is 0 Å². The van der Waals surface area contributed by atoms with E-state index in [4.69, 9.17) is 0 Å². The van der Waals surface area contributed by atoms with Crippen molar-refractivity contribution >= 4 is 11.6 Å². The Hall–Kier alpha value is -2.10. The van der Waals surface area contributed by atoms with Crippen molar-refractivity contribution in [3.05, 3.63) is 52.4 Å². The largest absolute Gasteiger partial charge is 0.326 e. The highest BCUT2D eigenvalue weighted by atomic mass is 16.1. The minimum absolute atomic E-state index is 0.101. The molecule has 2 N–H and O–H groups in total. The predicted molar refractivity (Wildman–Crippen MR) is 73.3 cm³/mol. The fraction of sp³-hybridized carbons (Fsp3) is 0.286. The van der Waals surface area contributed by atoms with Crippen molar-refractivity contribution in [3.63, 3.8) is 0 Å². The number of H-pyrrole nitrogens is 1. The number of hydrogen-bond acceptors (Lipinski definition) is 3. The van der Waals surface area contributed by atoms with Gasteiger partial charge < -0.3 is 5.32 Å². The zero-order chi connectivity index (χ0) is 13.2. The topological polar surface area (TPSA) is 57.8 Å². The number of nitrogens with zero attached hydrogens (tertiary/aromatic N) is 1. The molecule has 1 aromatic heterocycles. The van der Waals surface area contributed by atoms with Crippen molar-refractivity contribution in [1.29, 1.82) is 0 Å². The van der Waals surface area contributed by atoms with Crippen LogP contribution in [-0.2, 0) is 5.41 Å². The van der Waals surface area contributed by atoms with Crippen molar-refractivity contribution in [2.45, 2.75) is 26.2 Å². The lowest BCUT2D eigenvalue weighted by Gasteiger charge is -2.17. The van der Waals surface area contributed by atoms with Crippen molar-refractivity contribution in [3.8, 4) is 0 Å². The van der Waals surface area contributed by atoms with Crippen molar-refractivity contribution in [2.75, 3.05) is 5.32 Å². The van der Waals surface area contributed by atoms with Gasteiger partial charge in [0.1, 0.15) is 0 Å². The van der Waals surface area contributed by atoms with E-state index in [2.05, 4.69) is 15.3 Å². The number of nitrogens with one attached hydrogen (secondary N) is 2. The molecule has 0 saturated heterocycles. The molecule has 1 aromatic carbocycles. The molecule has 0 amide bonds. The summed E-state index contributed by atoms with van der Waals surface area (Å²) in [5, 5.41) is 3.06. The molecule has 4 heteroatoms. The van der Waals surface area contributed by atoms with E-state index in [1.165, 1.54) is 0 Å². The number of benzene rings is 1. The van der Waals surface area contributed by atoms with Gasteiger partial charge in [-0.1, -0.05) is 39.0 Å². The summed E-state index contributed by atoms with van der Waals surface area (Å²) in [6.07, 6.45) is 1.63. The Balaban J connectivity index is 2.28. The van der Waals surface area contributed by atoms with Gasteiger partial charge in [-0.25, -0.2) is 4.98 Å². The summed E-state index contributed by atoms with van der Waals surface area (Å²) in [6.45, 7) is 5.97. The lowest BCUT2D eigenvalue weighted by atomic mass is 9.89. The Labute approximate surface area is 106 Å². The van der Waals surface area contributed by atoms with Crippen LogP contribution in [0.3, 0.4) is 0 Å². The molecule has 0 spiro atoms. The maximum Gasteiger partial charge on any atom is 0.255 e. The molecule has 0 aliphatic heterocycles. The molecule has 0 aliphatic carbocycles. The summed E-state index contributed by atoms with van der Waals surface area (Å²) in [4.78, 5) is 18.9. The molecule has 0 atom stereocenters. The highest BCUT2D eigenvalue weighted by Gasteiger charge is 2.18. The fourth-order valence-corrected chi connectivity index (χ4v) is 1.65. The van der Waals surface area contributed by atoms with Crippen LogP contribution in [0.15, 0.2) is 41.3 Å². The molecule has 0 radical (unpaired) electrons. The Bertz CT molecular complexity index is 582. The number of anilines is 2. The molecule has 4 nitrogen and oxygen atoms in total. The maximum absolute atomic E-state index is 11.9. The SMILES string of the molecule is CC(C)(C)c1cnc(Nc2ccccc2)[nH]c1=O. The average Bonchev–Trinajstić information content (AvgIpc) is 2.28. The van der Waals surface area contributed by atoms with Crippen LogP contribution in [0.5, 0.6) is 0 Å². The summed E-state index contributed by atoms with van der Waals surface area (Å²) in [6, 6.07) is 9.60. The molecular formula is C14H17N3O. The molecule has 2 aromatic rings. The lowest BCUT2D eigenvalue weighted by Crippen LogP contribution is -2.25. The first-order valence-corrected chi connectivity index (χ1v) is 5.89. The van der Waals surface area contributed by atoms with Gasteiger partial charge in [-0.2, -0.15) is 0 Å². The van der Waals surface area contributed by atoms with E-state index < -0.39 is 0 Å². The van der Waals surface area contributed by atoms with Crippen LogP contribution in [0.4, 0.5) is 11.6 Å². The summed E-state index contributed by atoms with van der Waals surface area (Å²) in [5.74, 6) is 0.458. The van der Waals surface area contributed by atoms with Crippen LogP contribution < -0.4 is 10.9 Å². The summed E-state index contributed by atoms with van der Waals surface area (Å²) < 4.78 is 0. The summed E-state index contributed by atoms with van der Waals surface area (Å²) in [5.41, 5.74) is 1.27. The zero-order valence-corrected chi connectivity index (χ0v) is 10.8. The molecule has 0 bridgehead atoms. The molecule has 18 heavy (non-hydrogen) atoms. The highest BCUT2D eigenvalue weighted by molar-refractivity contribution is 5.52. The van der Waals surface area contributed by atoms with Gasteiger partial charge in [-0.3, -0.25) is 9.78 Å². The molecule has 0 aliphatic rings. The molecule has 94 valence electrons. The maximum atomic E-state index is 11.9. The number of para-hydroxylation sites is 1. The van der Waals surface area contributed by atoms with Gasteiger partial charge in [0, 0.05) is 17.4 Å². The normalized spacial score (nSPS) is 11.3. The third kappa shape index (κ3) is 2.77. The van der Waals surface area contributed by atoms with Gasteiger partial charge >= 0.3 is 0 Å². The monoisotopic (exact) mass is 243 g/mol. The first-order valence-electron chi connectivity index (χ1n) is 5.89. The molecule has 2 rings (SSSR count). The third-order valence-corrected chi connectivity index (χ3v) is 2.64. The molecular weight excluding hydrogens is 226 g/mol. The summed E-state index contributed by atoms with van der Waals surface area (Å²) in [7, 11) is 0. The second kappa shape index (κ2) is 4.64. The fourth-order valence-electron chi connectivity index (χ4n) is 1.65. The quantitative estimate of drug-likeness (QED) is 0.852. The first kappa shape index (κ1) is 12.4. The minimum Gasteiger partial charge on any atom is -0.326 e. The van der Waals surface area contributed by atoms with E-state index in [-0.39, 0.29) is 11.0 Å². The highest BCUT2D eigenvalue weighted by Crippen LogP contribution is 2.18. The summed E-state index contributed by atoms with van der Waals surface area (Å²) >= 11 is 0. The van der Waals surface area contributed by atoms with Crippen LogP contribution in [0.2, 0.25) is 0 Å². The second-order valence-electron chi connectivity index (χ2n) is 5.22. The van der Waals surface area contributed by atoms with Crippen molar-refractivity contribution in [2.24, 2.45) is 0 Å². The second-order valence-corrected chi connectivity index (χ2v) is 5.22. The minimum atomic E-state index is -0.203. The smallest absolute Gasteiger partial charge is 0.255 e. The van der Waals surface area contributed by atoms with Gasteiger partial charge in [0.25, 0.3) is 5.56 Å². The number of rotatable bonds is 2. The third-order valence-electron chi connectivity index (χ3n) is 2.64. The molecule has 0 fully saturated rings. The van der Waals surface area contributed by atoms with Crippen LogP contribution in [-0.4, -0.2) is 9.97 Å². The Morgan fingerprint density at radius 3 is 2.39 bits per heavy atom. The Morgan fingerprint density at radius 1 is 1.17 bits per heavy atom. The number of aromatic amines is 1. The molecule has 1 heterocycles. The Kier molecular flexibility index (Phi) is 3.19. The van der Waals surface area contributed by atoms with Crippen molar-refractivity contribution < 1.29 is 0 Å². The van der Waals surface area contributed by atoms with Gasteiger partial charge in [-0.15, -0.1) is 0 Å². The van der Waals surface area contributed by atoms with Gasteiger partial charge in [0.05, 0.1) is 0 Å². The van der Waals surface area contributed by atoms with Crippen LogP contribution in [0.1, 0.15) is 26.3 Å². The van der Waals surface area contributed by atoms with Gasteiger partial charge in [-0.05, 0) is 17.5 Å². The van der Waals surface area contributed by atoms with Crippen LogP contribution >= 0.6 is 0 Å². The average molecular weight is 243 g/mol. The molecule has 0 unspecified atom stereocenters. The van der Waals surface area contributed by atoms with E-state index in [0.717, 1.165) is 5.69 Å². The predicted octanol–water partition coefficient (Wildman–Crippen LogP) is 2.81. The van der Waals surface area contributed by atoms with Gasteiger partial charge in [0.2, 0.25) is 5.95 Å². The zero-order valence-electron chi connectivity index (χ0n) is 10.8. The molecule has 0 saturated carbocycles. The van der Waals surface area contributed by atoms with E-state index in [1.807, 2.05) is 51.1 Å². The van der Waals surface area contributed by atoms with Crippen molar-refractivity contribution in [1.82, 2.24) is 9.97 Å². The standard InChI is InChI=1S/C14H17N3O/c1-14(2,3)11-9-15-13(17-12(11)18)16-10-7-5-4-6-8-10/h4-9H,1-3H3,(H2,15,16,17,18). The number of aromatic nitrogens is 2. The first-order chi connectivity index (χ1) is 8.47. The van der Waals surface area contributed by atoms with E-state index in [1.54, 1.807) is 6.20 Å². The van der Waals surface area contributed by atoms with E-state index in [0.29, 0.717) is 11.5 Å². The lowest BCUT2D eigenvalue weighted by molar-refractivity contribution is 0.578. The number of hydrogen-bond donors (Lipinski definition) is 2. The van der Waals surface area contributed by atoms with Gasteiger partial charge in [0.15, 0.2) is 0 Å².